The van der Waals surface area contributed by atoms with Gasteiger partial charge < -0.3 is 15.2 Å². The molecule has 0 saturated heterocycles. The Morgan fingerprint density at radius 1 is 1.36 bits per heavy atom. The number of nitrogens with zero attached hydrogens (tertiary/aromatic N) is 1. The highest BCUT2D eigenvalue weighted by molar-refractivity contribution is 5.96. The molecule has 1 aromatic rings. The first-order chi connectivity index (χ1) is 10.3. The molecule has 6 nitrogen and oxygen atoms in total. The lowest BCUT2D eigenvalue weighted by Crippen LogP contribution is -2.41. The summed E-state index contributed by atoms with van der Waals surface area (Å²) in [7, 11) is 0. The summed E-state index contributed by atoms with van der Waals surface area (Å²) in [6.45, 7) is 7.72. The summed E-state index contributed by atoms with van der Waals surface area (Å²) >= 11 is 0. The van der Waals surface area contributed by atoms with Gasteiger partial charge in [0.05, 0.1) is 6.10 Å². The molecule has 0 aromatic carbocycles. The van der Waals surface area contributed by atoms with Gasteiger partial charge >= 0.3 is 5.97 Å². The third kappa shape index (κ3) is 5.71. The zero-order chi connectivity index (χ0) is 16.7. The van der Waals surface area contributed by atoms with E-state index in [1.165, 1.54) is 18.3 Å². The molecule has 0 aliphatic rings. The maximum Gasteiger partial charge on any atom is 0.326 e. The van der Waals surface area contributed by atoms with Gasteiger partial charge in [0.2, 0.25) is 5.88 Å². The monoisotopic (exact) mass is 308 g/mol. The van der Waals surface area contributed by atoms with Crippen LogP contribution in [0.5, 0.6) is 5.88 Å². The number of aromatic nitrogens is 1. The van der Waals surface area contributed by atoms with E-state index in [2.05, 4.69) is 10.3 Å². The fraction of sp³-hybridized carbons (Fsp3) is 0.562. The Labute approximate surface area is 130 Å². The normalized spacial score (nSPS) is 13.5. The number of nitrogens with one attached hydrogen (secondary N) is 1. The molecule has 1 heterocycles. The van der Waals surface area contributed by atoms with E-state index in [0.29, 0.717) is 17.9 Å². The lowest BCUT2D eigenvalue weighted by molar-refractivity contribution is -0.139. The molecule has 0 aliphatic carbocycles. The summed E-state index contributed by atoms with van der Waals surface area (Å²) < 4.78 is 5.56. The number of aliphatic carboxylic acids is 1. The van der Waals surface area contributed by atoms with Gasteiger partial charge in [0.1, 0.15) is 6.04 Å². The molecule has 2 N–H and O–H groups in total. The second-order valence-electron chi connectivity index (χ2n) is 5.71. The molecule has 6 heteroatoms. The average Bonchev–Trinajstić information content (AvgIpc) is 2.46. The van der Waals surface area contributed by atoms with Crippen molar-refractivity contribution in [1.29, 1.82) is 0 Å². The number of hydrogen-bond donors (Lipinski definition) is 2. The molecule has 22 heavy (non-hydrogen) atoms. The topological polar surface area (TPSA) is 88.5 Å². The molecular formula is C16H24N2O4. The van der Waals surface area contributed by atoms with Crippen molar-refractivity contribution < 1.29 is 19.4 Å². The molecule has 1 aromatic heterocycles. The van der Waals surface area contributed by atoms with Crippen LogP contribution < -0.4 is 10.1 Å². The zero-order valence-corrected chi connectivity index (χ0v) is 13.5. The van der Waals surface area contributed by atoms with Gasteiger partial charge in [-0.05, 0) is 31.7 Å². The third-order valence-corrected chi connectivity index (χ3v) is 3.20. The number of carboxylic acids is 1. The first-order valence-corrected chi connectivity index (χ1v) is 7.49. The Balaban J connectivity index is 2.79. The number of rotatable bonds is 8. The van der Waals surface area contributed by atoms with E-state index >= 15 is 0 Å². The van der Waals surface area contributed by atoms with Gasteiger partial charge in [-0.1, -0.05) is 20.8 Å². The van der Waals surface area contributed by atoms with Gasteiger partial charge in [-0.25, -0.2) is 9.78 Å². The van der Waals surface area contributed by atoms with Crippen LogP contribution in [0, 0.1) is 5.92 Å². The zero-order valence-electron chi connectivity index (χ0n) is 13.5. The molecule has 0 aliphatic heterocycles. The Kier molecular flexibility index (Phi) is 6.82. The molecule has 1 rings (SSSR count). The first-order valence-electron chi connectivity index (χ1n) is 7.49. The molecular weight excluding hydrogens is 284 g/mol. The fourth-order valence-electron chi connectivity index (χ4n) is 1.84. The third-order valence-electron chi connectivity index (χ3n) is 3.20. The number of hydrogen-bond acceptors (Lipinski definition) is 4. The molecule has 1 amide bonds. The van der Waals surface area contributed by atoms with Crippen LogP contribution in [-0.4, -0.2) is 34.1 Å². The van der Waals surface area contributed by atoms with Crippen molar-refractivity contribution in [3.8, 4) is 5.88 Å². The predicted octanol–water partition coefficient (Wildman–Crippen LogP) is 2.49. The van der Waals surface area contributed by atoms with Crippen molar-refractivity contribution in [2.24, 2.45) is 5.92 Å². The smallest absolute Gasteiger partial charge is 0.326 e. The highest BCUT2D eigenvalue weighted by atomic mass is 16.5. The van der Waals surface area contributed by atoms with Crippen LogP contribution >= 0.6 is 0 Å². The van der Waals surface area contributed by atoms with Gasteiger partial charge in [-0.2, -0.15) is 0 Å². The molecule has 0 radical (unpaired) electrons. The van der Waals surface area contributed by atoms with E-state index in [4.69, 9.17) is 4.74 Å². The van der Waals surface area contributed by atoms with Crippen LogP contribution in [0.1, 0.15) is 50.9 Å². The van der Waals surface area contributed by atoms with E-state index in [1.54, 1.807) is 0 Å². The van der Waals surface area contributed by atoms with Crippen LogP contribution in [0.2, 0.25) is 0 Å². The Morgan fingerprint density at radius 3 is 2.59 bits per heavy atom. The number of ether oxygens (including phenoxy) is 1. The molecule has 0 spiro atoms. The van der Waals surface area contributed by atoms with E-state index in [0.717, 1.165) is 6.42 Å². The minimum Gasteiger partial charge on any atom is -0.480 e. The van der Waals surface area contributed by atoms with Crippen LogP contribution in [0.4, 0.5) is 0 Å². The Morgan fingerprint density at radius 2 is 2.05 bits per heavy atom. The number of pyridine rings is 1. The number of carboxylic acid groups (broad SMARTS) is 1. The van der Waals surface area contributed by atoms with Crippen molar-refractivity contribution >= 4 is 11.9 Å². The van der Waals surface area contributed by atoms with Gasteiger partial charge in [0.15, 0.2) is 0 Å². The van der Waals surface area contributed by atoms with Gasteiger partial charge in [-0.3, -0.25) is 4.79 Å². The highest BCUT2D eigenvalue weighted by Crippen LogP contribution is 2.13. The summed E-state index contributed by atoms with van der Waals surface area (Å²) in [4.78, 5) is 27.4. The number of amides is 1. The maximum atomic E-state index is 12.2. The van der Waals surface area contributed by atoms with E-state index in [9.17, 15) is 14.7 Å². The summed E-state index contributed by atoms with van der Waals surface area (Å²) in [6, 6.07) is 2.16. The second-order valence-corrected chi connectivity index (χ2v) is 5.71. The van der Waals surface area contributed by atoms with Crippen molar-refractivity contribution in [3.05, 3.63) is 23.9 Å². The predicted molar refractivity (Wildman–Crippen MR) is 83.0 cm³/mol. The Hall–Kier alpha value is -2.11. The van der Waals surface area contributed by atoms with Gasteiger partial charge in [-0.15, -0.1) is 0 Å². The lowest BCUT2D eigenvalue weighted by atomic mass is 10.0. The number of carbonyl (C=O) groups is 2. The second kappa shape index (κ2) is 8.36. The van der Waals surface area contributed by atoms with Crippen molar-refractivity contribution in [1.82, 2.24) is 10.3 Å². The molecule has 0 saturated carbocycles. The largest absolute Gasteiger partial charge is 0.480 e. The summed E-state index contributed by atoms with van der Waals surface area (Å²) in [5.41, 5.74) is 0.336. The average molecular weight is 308 g/mol. The summed E-state index contributed by atoms with van der Waals surface area (Å²) in [5, 5.41) is 11.7. The quantitative estimate of drug-likeness (QED) is 0.770. The van der Waals surface area contributed by atoms with E-state index < -0.39 is 17.9 Å². The Bertz CT molecular complexity index is 517. The standard InChI is InChI=1S/C16H24N2O4/c1-5-11(4)22-14-9-12(6-7-17-14)15(19)18-13(16(20)21)8-10(2)3/h6-7,9-11,13H,5,8H2,1-4H3,(H,18,19)(H,20,21). The highest BCUT2D eigenvalue weighted by Gasteiger charge is 2.22. The van der Waals surface area contributed by atoms with Crippen LogP contribution in [0.15, 0.2) is 18.3 Å². The van der Waals surface area contributed by atoms with Crippen molar-refractivity contribution in [2.45, 2.75) is 52.7 Å². The SMILES string of the molecule is CCC(C)Oc1cc(C(=O)NC(CC(C)C)C(=O)O)ccn1. The minimum absolute atomic E-state index is 0.00137. The fourth-order valence-corrected chi connectivity index (χ4v) is 1.84. The molecule has 122 valence electrons. The van der Waals surface area contributed by atoms with Crippen molar-refractivity contribution in [2.75, 3.05) is 0 Å². The summed E-state index contributed by atoms with van der Waals surface area (Å²) in [6.07, 6.45) is 2.68. The summed E-state index contributed by atoms with van der Waals surface area (Å²) in [5.74, 6) is -0.947. The van der Waals surface area contributed by atoms with Crippen LogP contribution in [-0.2, 0) is 4.79 Å². The minimum atomic E-state index is -1.04. The van der Waals surface area contributed by atoms with Gasteiger partial charge in [0, 0.05) is 17.8 Å². The number of carbonyl (C=O) groups excluding carboxylic acids is 1. The van der Waals surface area contributed by atoms with Crippen LogP contribution in [0.3, 0.4) is 0 Å². The lowest BCUT2D eigenvalue weighted by Gasteiger charge is -2.17. The molecule has 2 atom stereocenters. The molecule has 0 fully saturated rings. The first kappa shape index (κ1) is 17.9. The van der Waals surface area contributed by atoms with Crippen LogP contribution in [0.25, 0.3) is 0 Å². The van der Waals surface area contributed by atoms with Gasteiger partial charge in [0.25, 0.3) is 5.91 Å². The molecule has 2 unspecified atom stereocenters. The van der Waals surface area contributed by atoms with E-state index in [-0.39, 0.29) is 12.0 Å². The maximum absolute atomic E-state index is 12.2. The van der Waals surface area contributed by atoms with Crippen molar-refractivity contribution in [3.63, 3.8) is 0 Å². The molecule has 0 bridgehead atoms. The van der Waals surface area contributed by atoms with E-state index in [1.807, 2.05) is 27.7 Å².